The van der Waals surface area contributed by atoms with E-state index < -0.39 is 61.6 Å². The van der Waals surface area contributed by atoms with Crippen molar-refractivity contribution in [3.63, 3.8) is 0 Å². The van der Waals surface area contributed by atoms with Gasteiger partial charge in [0.05, 0.1) is 12.7 Å². The molecule has 1 saturated carbocycles. The van der Waals surface area contributed by atoms with Gasteiger partial charge in [0.1, 0.15) is 31.1 Å². The van der Waals surface area contributed by atoms with Crippen LogP contribution in [0, 0.1) is 5.92 Å². The minimum Gasteiger partial charge on any atom is -0.464 e. The van der Waals surface area contributed by atoms with Gasteiger partial charge in [-0.3, -0.25) is 9.59 Å². The van der Waals surface area contributed by atoms with Crippen LogP contribution < -0.4 is 10.6 Å². The first kappa shape index (κ1) is 38.6. The molecule has 0 spiro atoms. The van der Waals surface area contributed by atoms with Crippen molar-refractivity contribution in [1.29, 1.82) is 0 Å². The summed E-state index contributed by atoms with van der Waals surface area (Å²) >= 11 is 0. The first-order valence-electron chi connectivity index (χ1n) is 16.5. The highest BCUT2D eigenvalue weighted by atomic mass is 28.4. The van der Waals surface area contributed by atoms with Crippen LogP contribution in [0.4, 0.5) is 4.79 Å². The molecule has 3 amide bonds. The lowest BCUT2D eigenvalue weighted by atomic mass is 9.91. The van der Waals surface area contributed by atoms with Crippen LogP contribution in [0.2, 0.25) is 18.1 Å². The van der Waals surface area contributed by atoms with Gasteiger partial charge < -0.3 is 29.4 Å². The molecule has 1 aliphatic carbocycles. The van der Waals surface area contributed by atoms with E-state index in [0.29, 0.717) is 19.3 Å². The molecule has 2 N–H and O–H groups in total. The maximum atomic E-state index is 14.4. The smallest absolute Gasteiger partial charge is 0.408 e. The summed E-state index contributed by atoms with van der Waals surface area (Å²) < 4.78 is 17.6. The van der Waals surface area contributed by atoms with Crippen molar-refractivity contribution in [2.24, 2.45) is 5.92 Å². The number of rotatable bonds is 15. The molecule has 0 radical (unpaired) electrons. The molecule has 45 heavy (non-hydrogen) atoms. The molecule has 2 aliphatic rings. The van der Waals surface area contributed by atoms with Crippen molar-refractivity contribution in [3.05, 3.63) is 25.3 Å². The largest absolute Gasteiger partial charge is 0.464 e. The molecule has 254 valence electrons. The van der Waals surface area contributed by atoms with Gasteiger partial charge in [0, 0.05) is 18.3 Å². The Morgan fingerprint density at radius 1 is 1.09 bits per heavy atom. The highest BCUT2D eigenvalue weighted by Crippen LogP contribution is 2.46. The zero-order valence-corrected chi connectivity index (χ0v) is 30.4. The lowest BCUT2D eigenvalue weighted by Crippen LogP contribution is -2.59. The van der Waals surface area contributed by atoms with Crippen LogP contribution in [0.15, 0.2) is 25.3 Å². The van der Waals surface area contributed by atoms with Crippen molar-refractivity contribution >= 4 is 40.0 Å². The molecular weight excluding hydrogens is 589 g/mol. The molecule has 12 heteroatoms. The fraction of sp³-hybridized carbons (Fsp3) is 0.758. The van der Waals surface area contributed by atoms with Crippen molar-refractivity contribution in [2.45, 2.75) is 147 Å². The van der Waals surface area contributed by atoms with Gasteiger partial charge in [-0.05, 0) is 71.5 Å². The first-order valence-corrected chi connectivity index (χ1v) is 19.4. The Bertz CT molecular complexity index is 1100. The van der Waals surface area contributed by atoms with Crippen molar-refractivity contribution < 1.29 is 33.1 Å². The number of ether oxygens (including phenoxy) is 2. The summed E-state index contributed by atoms with van der Waals surface area (Å²) in [5.41, 5.74) is -1.95. The first-order chi connectivity index (χ1) is 20.7. The third-order valence-electron chi connectivity index (χ3n) is 9.25. The van der Waals surface area contributed by atoms with E-state index in [1.165, 1.54) is 0 Å². The van der Waals surface area contributed by atoms with Crippen molar-refractivity contribution in [3.8, 4) is 0 Å². The van der Waals surface area contributed by atoms with Crippen LogP contribution in [-0.2, 0) is 28.3 Å². The summed E-state index contributed by atoms with van der Waals surface area (Å²) in [6, 6.07) is -1.82. The van der Waals surface area contributed by atoms with E-state index in [2.05, 4.69) is 57.7 Å². The van der Waals surface area contributed by atoms with Crippen LogP contribution in [0.25, 0.3) is 0 Å². The average molecular weight is 648 g/mol. The number of nitrogens with one attached hydrogen (secondary N) is 2. The quantitative estimate of drug-likeness (QED) is 0.115. The molecule has 6 atom stereocenters. The standard InChI is InChI=1S/C33H58BN3O7Si/c1-12-15-16-17-18-19-23(35-30(41)43-31(4,5)6)28(39)37-24(20-25(26(37)34)44-45(10,11)32(7,8)9)27(38)36-33(21-22(33)13-2)29(40)42-14-3/h12-13,22-26H,1-2,14-21,34H2,3-11H3,(H,35,41)(H,36,38)/t22-,23+,24+,25?,26?,33-/m1/s1. The van der Waals surface area contributed by atoms with Gasteiger partial charge in [0.2, 0.25) is 11.8 Å². The highest BCUT2D eigenvalue weighted by molar-refractivity contribution is 6.74. The van der Waals surface area contributed by atoms with Gasteiger partial charge >= 0.3 is 12.1 Å². The van der Waals surface area contributed by atoms with Crippen molar-refractivity contribution in [2.75, 3.05) is 6.61 Å². The van der Waals surface area contributed by atoms with Gasteiger partial charge in [-0.1, -0.05) is 45.8 Å². The van der Waals surface area contributed by atoms with Gasteiger partial charge in [0.15, 0.2) is 8.32 Å². The maximum absolute atomic E-state index is 14.4. The number of allylic oxidation sites excluding steroid dienone is 1. The summed E-state index contributed by atoms with van der Waals surface area (Å²) in [5, 5.41) is 5.65. The number of nitrogens with zero attached hydrogens (tertiary/aromatic N) is 1. The summed E-state index contributed by atoms with van der Waals surface area (Å²) in [7, 11) is -0.398. The third-order valence-corrected chi connectivity index (χ3v) is 13.8. The highest BCUT2D eigenvalue weighted by Gasteiger charge is 2.62. The maximum Gasteiger partial charge on any atom is 0.408 e. The second-order valence-corrected chi connectivity index (χ2v) is 19.8. The Balaban J connectivity index is 2.45. The summed E-state index contributed by atoms with van der Waals surface area (Å²) in [6.07, 6.45) is 6.77. The zero-order chi connectivity index (χ0) is 34.4. The summed E-state index contributed by atoms with van der Waals surface area (Å²) in [4.78, 5) is 56.0. The van der Waals surface area contributed by atoms with E-state index in [4.69, 9.17) is 13.9 Å². The van der Waals surface area contributed by atoms with E-state index in [0.717, 1.165) is 19.3 Å². The number of carbonyl (C=O) groups is 4. The predicted molar refractivity (Wildman–Crippen MR) is 182 cm³/mol. The molecule has 10 nitrogen and oxygen atoms in total. The number of hydrogen-bond donors (Lipinski definition) is 2. The SMILES string of the molecule is BC1C(O[Si](C)(C)C(C)(C)C)C[C@@H](C(=O)N[C@]2(C(=O)OCC)C[C@H]2C=C)N1C(=O)[C@H](CCCCCC=C)NC(=O)OC(C)(C)C. The number of esters is 1. The summed E-state index contributed by atoms with van der Waals surface area (Å²) in [6.45, 7) is 25.5. The minimum absolute atomic E-state index is 0.0900. The number of alkyl carbamates (subject to hydrolysis) is 1. The number of hydrogen-bond acceptors (Lipinski definition) is 7. The Morgan fingerprint density at radius 2 is 1.73 bits per heavy atom. The van der Waals surface area contributed by atoms with E-state index in [-0.39, 0.29) is 29.9 Å². The third kappa shape index (κ3) is 9.94. The molecule has 2 unspecified atom stereocenters. The van der Waals surface area contributed by atoms with Gasteiger partial charge in [0.25, 0.3) is 0 Å². The second kappa shape index (κ2) is 15.3. The summed E-state index contributed by atoms with van der Waals surface area (Å²) in [5.74, 6) is -2.06. The molecule has 1 aliphatic heterocycles. The zero-order valence-electron chi connectivity index (χ0n) is 29.4. The Kier molecular flexibility index (Phi) is 13.1. The minimum atomic E-state index is -2.29. The Morgan fingerprint density at radius 3 is 2.24 bits per heavy atom. The molecule has 2 fully saturated rings. The van der Waals surface area contributed by atoms with Gasteiger partial charge in [-0.2, -0.15) is 0 Å². The molecule has 2 rings (SSSR count). The normalized spacial score (nSPS) is 25.6. The lowest BCUT2D eigenvalue weighted by Gasteiger charge is -2.40. The van der Waals surface area contributed by atoms with E-state index in [1.54, 1.807) is 38.7 Å². The van der Waals surface area contributed by atoms with E-state index in [9.17, 15) is 19.2 Å². The number of likely N-dealkylation sites (tertiary alicyclic amines) is 1. The predicted octanol–water partition coefficient (Wildman–Crippen LogP) is 4.59. The molecule has 0 aromatic heterocycles. The van der Waals surface area contributed by atoms with Crippen LogP contribution >= 0.6 is 0 Å². The van der Waals surface area contributed by atoms with Crippen LogP contribution in [0.5, 0.6) is 0 Å². The van der Waals surface area contributed by atoms with Crippen LogP contribution in [-0.4, -0.2) is 86.8 Å². The van der Waals surface area contributed by atoms with Crippen LogP contribution in [0.1, 0.15) is 93.4 Å². The Labute approximate surface area is 273 Å². The van der Waals surface area contributed by atoms with E-state index >= 15 is 0 Å². The topological polar surface area (TPSA) is 123 Å². The monoisotopic (exact) mass is 647 g/mol. The molecule has 1 saturated heterocycles. The molecular formula is C33H58BN3O7Si. The lowest BCUT2D eigenvalue weighted by molar-refractivity contribution is -0.150. The molecule has 0 aromatic rings. The van der Waals surface area contributed by atoms with E-state index in [1.807, 2.05) is 13.9 Å². The number of unbranched alkanes of at least 4 members (excludes halogenated alkanes) is 3. The average Bonchev–Trinajstić information content (AvgIpc) is 3.54. The second-order valence-electron chi connectivity index (χ2n) is 15.0. The molecule has 1 heterocycles. The van der Waals surface area contributed by atoms with Gasteiger partial charge in [-0.15, -0.1) is 13.2 Å². The molecule has 0 aromatic carbocycles. The fourth-order valence-corrected chi connectivity index (χ4v) is 6.95. The van der Waals surface area contributed by atoms with Crippen molar-refractivity contribution in [1.82, 2.24) is 15.5 Å². The fourth-order valence-electron chi connectivity index (χ4n) is 5.55. The van der Waals surface area contributed by atoms with Crippen LogP contribution in [0.3, 0.4) is 0 Å². The van der Waals surface area contributed by atoms with Gasteiger partial charge in [-0.25, -0.2) is 9.59 Å². The number of carbonyl (C=O) groups excluding carboxylic acids is 4. The molecule has 0 bridgehead atoms. The Hall–Kier alpha value is -2.60. The number of amides is 3.